The van der Waals surface area contributed by atoms with Crippen molar-refractivity contribution in [3.05, 3.63) is 0 Å². The van der Waals surface area contributed by atoms with Crippen molar-refractivity contribution in [1.82, 2.24) is 0 Å². The summed E-state index contributed by atoms with van der Waals surface area (Å²) in [4.78, 5) is 9.58. The molecule has 0 aliphatic heterocycles. The quantitative estimate of drug-likeness (QED) is 0.384. The van der Waals surface area contributed by atoms with Crippen LogP contribution in [-0.4, -0.2) is 11.1 Å². The topological polar surface area (TPSA) is 17.1 Å². The van der Waals surface area contributed by atoms with E-state index in [9.17, 15) is 4.79 Å². The first-order valence-corrected chi connectivity index (χ1v) is 4.84. The molecule has 0 fully saturated rings. The van der Waals surface area contributed by atoms with Gasteiger partial charge >= 0.3 is 0 Å². The summed E-state index contributed by atoms with van der Waals surface area (Å²) in [5.74, 6) is 0.827. The first-order chi connectivity index (χ1) is 5.18. The minimum atomic E-state index is -0.273. The van der Waals surface area contributed by atoms with Crippen LogP contribution >= 0.6 is 23.2 Å². The Morgan fingerprint density at radius 3 is 1.82 bits per heavy atom. The molecule has 0 rings (SSSR count). The average Bonchev–Trinajstić information content (AvgIpc) is 2.02. The maximum Gasteiger partial charge on any atom is 0.221 e. The second-order valence-electron chi connectivity index (χ2n) is 2.10. The van der Waals surface area contributed by atoms with Crippen molar-refractivity contribution in [2.75, 3.05) is 5.88 Å². The molecular weight excluding hydrogens is 183 g/mol. The van der Waals surface area contributed by atoms with Gasteiger partial charge in [-0.25, -0.2) is 0 Å². The van der Waals surface area contributed by atoms with E-state index in [2.05, 4.69) is 6.92 Å². The minimum Gasteiger partial charge on any atom is -0.281 e. The highest BCUT2D eigenvalue weighted by Gasteiger charge is 1.81. The lowest BCUT2D eigenvalue weighted by Crippen LogP contribution is -1.74. The van der Waals surface area contributed by atoms with Crippen molar-refractivity contribution in [1.29, 1.82) is 0 Å². The van der Waals surface area contributed by atoms with Gasteiger partial charge in [-0.05, 0) is 18.0 Å². The molecule has 0 bridgehead atoms. The number of carbonyl (C=O) groups excluding carboxylic acids is 1. The van der Waals surface area contributed by atoms with Crippen LogP contribution in [0.3, 0.4) is 0 Å². The lowest BCUT2D eigenvalue weighted by atomic mass is 10.3. The Balaban J connectivity index is 0. The molecule has 11 heavy (non-hydrogen) atoms. The zero-order chi connectivity index (χ0) is 9.11. The zero-order valence-corrected chi connectivity index (χ0v) is 8.71. The molecule has 0 aliphatic rings. The van der Waals surface area contributed by atoms with Gasteiger partial charge in [0.2, 0.25) is 5.24 Å². The summed E-state index contributed by atoms with van der Waals surface area (Å²) in [5.41, 5.74) is 0. The van der Waals surface area contributed by atoms with Crippen molar-refractivity contribution >= 4 is 28.4 Å². The van der Waals surface area contributed by atoms with Gasteiger partial charge in [0, 0.05) is 12.3 Å². The van der Waals surface area contributed by atoms with Crippen LogP contribution in [0.1, 0.15) is 39.5 Å². The molecule has 0 aromatic carbocycles. The summed E-state index contributed by atoms with van der Waals surface area (Å²) in [6, 6.07) is 0. The third-order valence-electron chi connectivity index (χ3n) is 1.02. The fourth-order valence-corrected chi connectivity index (χ4v) is 0.533. The van der Waals surface area contributed by atoms with Crippen molar-refractivity contribution < 1.29 is 4.79 Å². The van der Waals surface area contributed by atoms with Crippen LogP contribution in [0, 0.1) is 0 Å². The Hall–Kier alpha value is 0.250. The Bertz CT molecular complexity index is 80.2. The van der Waals surface area contributed by atoms with Gasteiger partial charge in [-0.15, -0.1) is 11.6 Å². The summed E-state index contributed by atoms with van der Waals surface area (Å²) < 4.78 is 0. The minimum absolute atomic E-state index is 0.273. The lowest BCUT2D eigenvalue weighted by Gasteiger charge is -1.84. The largest absolute Gasteiger partial charge is 0.281 e. The fourth-order valence-electron chi connectivity index (χ4n) is 0.344. The van der Waals surface area contributed by atoms with Gasteiger partial charge in [0.1, 0.15) is 0 Å². The molecule has 0 amide bonds. The summed E-state index contributed by atoms with van der Waals surface area (Å²) in [6.45, 7) is 3.89. The average molecular weight is 199 g/mol. The molecule has 3 heteroatoms. The lowest BCUT2D eigenvalue weighted by molar-refractivity contribution is -0.111. The van der Waals surface area contributed by atoms with Crippen LogP contribution < -0.4 is 0 Å². The van der Waals surface area contributed by atoms with Gasteiger partial charge < -0.3 is 0 Å². The standard InChI is InChI=1S/C5H11Cl.C3H5ClO/c1-2-3-4-5-6;1-2-3(4)5/h2-5H2,1H3;2H2,1H3. The second kappa shape index (κ2) is 12.9. The maximum absolute atomic E-state index is 9.58. The number of halogens is 2. The third kappa shape index (κ3) is 25.3. The van der Waals surface area contributed by atoms with Crippen LogP contribution in [-0.2, 0) is 4.79 Å². The van der Waals surface area contributed by atoms with E-state index < -0.39 is 0 Å². The number of alkyl halides is 1. The van der Waals surface area contributed by atoms with Crippen molar-refractivity contribution in [2.45, 2.75) is 39.5 Å². The van der Waals surface area contributed by atoms with Gasteiger partial charge in [0.05, 0.1) is 0 Å². The fraction of sp³-hybridized carbons (Fsp3) is 0.875. The molecule has 0 aromatic heterocycles. The Kier molecular flexibility index (Phi) is 16.2. The predicted octanol–water partition coefficient (Wildman–Crippen LogP) is 3.58. The van der Waals surface area contributed by atoms with E-state index in [0.717, 1.165) is 5.88 Å². The molecule has 0 spiro atoms. The smallest absolute Gasteiger partial charge is 0.221 e. The first-order valence-electron chi connectivity index (χ1n) is 3.93. The van der Waals surface area contributed by atoms with Crippen molar-refractivity contribution in [3.8, 4) is 0 Å². The molecule has 0 saturated carbocycles. The molecule has 1 nitrogen and oxygen atoms in total. The second-order valence-corrected chi connectivity index (χ2v) is 2.90. The molecule has 0 heterocycles. The van der Waals surface area contributed by atoms with Gasteiger partial charge in [-0.2, -0.15) is 0 Å². The summed E-state index contributed by atoms with van der Waals surface area (Å²) in [6.07, 6.45) is 4.16. The molecular formula is C8H16Cl2O. The number of unbranched alkanes of at least 4 members (excludes halogenated alkanes) is 2. The Labute approximate surface area is 79.1 Å². The molecule has 0 radical (unpaired) electrons. The van der Waals surface area contributed by atoms with Gasteiger partial charge in [0.15, 0.2) is 0 Å². The van der Waals surface area contributed by atoms with E-state index in [4.69, 9.17) is 23.2 Å². The third-order valence-corrected chi connectivity index (χ3v) is 1.55. The van der Waals surface area contributed by atoms with E-state index in [1.165, 1.54) is 19.3 Å². The molecule has 0 aromatic rings. The SMILES string of the molecule is CCC(=O)Cl.CCCCCCl. The van der Waals surface area contributed by atoms with Gasteiger partial charge in [-0.1, -0.05) is 26.7 Å². The van der Waals surface area contributed by atoms with Crippen molar-refractivity contribution in [3.63, 3.8) is 0 Å². The summed E-state index contributed by atoms with van der Waals surface area (Å²) in [5, 5.41) is -0.273. The highest BCUT2D eigenvalue weighted by molar-refractivity contribution is 6.63. The predicted molar refractivity (Wildman–Crippen MR) is 51.4 cm³/mol. The van der Waals surface area contributed by atoms with Gasteiger partial charge in [0.25, 0.3) is 0 Å². The highest BCUT2D eigenvalue weighted by atomic mass is 35.5. The van der Waals surface area contributed by atoms with E-state index in [-0.39, 0.29) is 5.24 Å². The summed E-state index contributed by atoms with van der Waals surface area (Å²) >= 11 is 10.2. The monoisotopic (exact) mass is 198 g/mol. The normalized spacial score (nSPS) is 8.36. The highest BCUT2D eigenvalue weighted by Crippen LogP contribution is 1.93. The van der Waals surface area contributed by atoms with Crippen LogP contribution in [0.15, 0.2) is 0 Å². The molecule has 0 saturated heterocycles. The van der Waals surface area contributed by atoms with Crippen LogP contribution in [0.5, 0.6) is 0 Å². The van der Waals surface area contributed by atoms with Crippen LogP contribution in [0.4, 0.5) is 0 Å². The molecule has 68 valence electrons. The molecule has 0 unspecified atom stereocenters. The van der Waals surface area contributed by atoms with E-state index in [1.807, 2.05) is 0 Å². The molecule has 0 atom stereocenters. The molecule has 0 N–H and O–H groups in total. The first kappa shape index (κ1) is 13.8. The molecule has 0 aliphatic carbocycles. The number of rotatable bonds is 4. The number of carbonyl (C=O) groups is 1. The van der Waals surface area contributed by atoms with Crippen LogP contribution in [0.2, 0.25) is 0 Å². The maximum atomic E-state index is 9.58. The van der Waals surface area contributed by atoms with Crippen molar-refractivity contribution in [2.24, 2.45) is 0 Å². The number of hydrogen-bond donors (Lipinski definition) is 0. The Morgan fingerprint density at radius 2 is 1.73 bits per heavy atom. The van der Waals surface area contributed by atoms with E-state index in [1.54, 1.807) is 6.92 Å². The summed E-state index contributed by atoms with van der Waals surface area (Å²) in [7, 11) is 0. The van der Waals surface area contributed by atoms with Crippen LogP contribution in [0.25, 0.3) is 0 Å². The number of hydrogen-bond acceptors (Lipinski definition) is 1. The zero-order valence-electron chi connectivity index (χ0n) is 7.20. The van der Waals surface area contributed by atoms with Gasteiger partial charge in [-0.3, -0.25) is 4.79 Å². The Morgan fingerprint density at radius 1 is 1.27 bits per heavy atom. The van der Waals surface area contributed by atoms with E-state index >= 15 is 0 Å². The van der Waals surface area contributed by atoms with E-state index in [0.29, 0.717) is 6.42 Å².